The summed E-state index contributed by atoms with van der Waals surface area (Å²) in [6.45, 7) is 1.98. The van der Waals surface area contributed by atoms with E-state index in [4.69, 9.17) is 0 Å². The van der Waals surface area contributed by atoms with Crippen molar-refractivity contribution in [3.63, 3.8) is 0 Å². The molecule has 1 N–H and O–H groups in total. The molecule has 0 unspecified atom stereocenters. The van der Waals surface area contributed by atoms with Gasteiger partial charge in [0.2, 0.25) is 5.95 Å². The van der Waals surface area contributed by atoms with Gasteiger partial charge < -0.3 is 10.2 Å². The molecule has 2 aromatic heterocycles. The zero-order valence-corrected chi connectivity index (χ0v) is 11.9. The first-order chi connectivity index (χ1) is 10.2. The second kappa shape index (κ2) is 5.86. The predicted octanol–water partition coefficient (Wildman–Crippen LogP) is 0.848. The Hall–Kier alpha value is -2.51. The van der Waals surface area contributed by atoms with Gasteiger partial charge in [-0.2, -0.15) is 0 Å². The van der Waals surface area contributed by atoms with Crippen LogP contribution in [0.3, 0.4) is 0 Å². The van der Waals surface area contributed by atoms with E-state index in [1.54, 1.807) is 25.6 Å². The fourth-order valence-corrected chi connectivity index (χ4v) is 2.29. The maximum Gasteiger partial charge on any atom is 0.277 e. The molecule has 0 atom stereocenters. The van der Waals surface area contributed by atoms with Gasteiger partial charge in [-0.1, -0.05) is 5.21 Å². The molecular weight excluding hydrogens is 270 g/mol. The molecule has 0 bridgehead atoms. The van der Waals surface area contributed by atoms with Gasteiger partial charge in [0.15, 0.2) is 5.69 Å². The summed E-state index contributed by atoms with van der Waals surface area (Å²) in [5, 5.41) is 10.2. The van der Waals surface area contributed by atoms with Gasteiger partial charge in [-0.05, 0) is 19.3 Å². The number of hydrogen-bond acceptors (Lipinski definition) is 6. The topological polar surface area (TPSA) is 88.8 Å². The standard InChI is InChI=1S/C13H17N7O/c1-19-9-11(17-18-19)12(21)16-10-7-14-13(15-8-10)20-5-3-2-4-6-20/h7-9H,2-6H2,1H3,(H,16,21). The van der Waals surface area contributed by atoms with E-state index in [0.717, 1.165) is 13.1 Å². The molecule has 1 amide bonds. The van der Waals surface area contributed by atoms with E-state index in [-0.39, 0.29) is 11.6 Å². The number of carbonyl (C=O) groups excluding carboxylic acids is 1. The molecule has 110 valence electrons. The first kappa shape index (κ1) is 13.5. The van der Waals surface area contributed by atoms with Crippen LogP contribution in [-0.4, -0.2) is 44.0 Å². The van der Waals surface area contributed by atoms with E-state index < -0.39 is 0 Å². The van der Waals surface area contributed by atoms with E-state index >= 15 is 0 Å². The third-order valence-electron chi connectivity index (χ3n) is 3.37. The van der Waals surface area contributed by atoms with Gasteiger partial charge in [0.1, 0.15) is 0 Å². The maximum atomic E-state index is 11.9. The minimum absolute atomic E-state index is 0.262. The van der Waals surface area contributed by atoms with E-state index in [0.29, 0.717) is 11.6 Å². The minimum atomic E-state index is -0.322. The number of nitrogens with one attached hydrogen (secondary N) is 1. The highest BCUT2D eigenvalue weighted by molar-refractivity contribution is 6.02. The lowest BCUT2D eigenvalue weighted by molar-refractivity contribution is 0.102. The molecule has 8 heteroatoms. The molecule has 3 rings (SSSR count). The summed E-state index contributed by atoms with van der Waals surface area (Å²) in [5.74, 6) is 0.393. The SMILES string of the molecule is Cn1cc(C(=O)Nc2cnc(N3CCCCC3)nc2)nn1. The van der Waals surface area contributed by atoms with Crippen molar-refractivity contribution in [2.24, 2.45) is 7.05 Å². The van der Waals surface area contributed by atoms with Crippen molar-refractivity contribution in [2.75, 3.05) is 23.3 Å². The van der Waals surface area contributed by atoms with Crippen LogP contribution < -0.4 is 10.2 Å². The zero-order chi connectivity index (χ0) is 14.7. The highest BCUT2D eigenvalue weighted by Gasteiger charge is 2.14. The van der Waals surface area contributed by atoms with Crippen molar-refractivity contribution in [3.8, 4) is 0 Å². The van der Waals surface area contributed by atoms with Gasteiger partial charge in [0.25, 0.3) is 5.91 Å². The molecule has 3 heterocycles. The van der Waals surface area contributed by atoms with Gasteiger partial charge in [-0.25, -0.2) is 9.97 Å². The Bertz CT molecular complexity index is 616. The largest absolute Gasteiger partial charge is 0.341 e. The summed E-state index contributed by atoms with van der Waals surface area (Å²) in [6.07, 6.45) is 8.40. The summed E-state index contributed by atoms with van der Waals surface area (Å²) in [5.41, 5.74) is 0.809. The fourth-order valence-electron chi connectivity index (χ4n) is 2.29. The van der Waals surface area contributed by atoms with E-state index in [2.05, 4.69) is 30.5 Å². The average molecular weight is 287 g/mol. The molecular formula is C13H17N7O. The normalized spacial score (nSPS) is 15.0. The Morgan fingerprint density at radius 3 is 2.52 bits per heavy atom. The number of carbonyl (C=O) groups is 1. The number of hydrogen-bond donors (Lipinski definition) is 1. The van der Waals surface area contributed by atoms with Gasteiger partial charge in [-0.15, -0.1) is 5.10 Å². The van der Waals surface area contributed by atoms with Crippen LogP contribution in [0.25, 0.3) is 0 Å². The number of aromatic nitrogens is 5. The number of amides is 1. The number of aryl methyl sites for hydroxylation is 1. The maximum absolute atomic E-state index is 11.9. The van der Waals surface area contributed by atoms with Crippen molar-refractivity contribution in [1.82, 2.24) is 25.0 Å². The third kappa shape index (κ3) is 3.15. The molecule has 8 nitrogen and oxygen atoms in total. The molecule has 21 heavy (non-hydrogen) atoms. The summed E-state index contributed by atoms with van der Waals surface area (Å²) >= 11 is 0. The van der Waals surface area contributed by atoms with E-state index in [1.165, 1.54) is 23.9 Å². The monoisotopic (exact) mass is 287 g/mol. The second-order valence-corrected chi connectivity index (χ2v) is 5.05. The summed E-state index contributed by atoms with van der Waals surface area (Å²) < 4.78 is 1.48. The van der Waals surface area contributed by atoms with Crippen molar-refractivity contribution >= 4 is 17.5 Å². The Kier molecular flexibility index (Phi) is 3.76. The van der Waals surface area contributed by atoms with Crippen LogP contribution >= 0.6 is 0 Å². The summed E-state index contributed by atoms with van der Waals surface area (Å²) in [6, 6.07) is 0. The third-order valence-corrected chi connectivity index (χ3v) is 3.37. The van der Waals surface area contributed by atoms with Gasteiger partial charge >= 0.3 is 0 Å². The molecule has 2 aromatic rings. The van der Waals surface area contributed by atoms with Crippen molar-refractivity contribution in [1.29, 1.82) is 0 Å². The lowest BCUT2D eigenvalue weighted by Crippen LogP contribution is -2.30. The molecule has 1 fully saturated rings. The van der Waals surface area contributed by atoms with Crippen molar-refractivity contribution < 1.29 is 4.79 Å². The van der Waals surface area contributed by atoms with Gasteiger partial charge in [0, 0.05) is 20.1 Å². The molecule has 0 spiro atoms. The smallest absolute Gasteiger partial charge is 0.277 e. The predicted molar refractivity (Wildman–Crippen MR) is 77.1 cm³/mol. The Morgan fingerprint density at radius 1 is 1.19 bits per heavy atom. The summed E-state index contributed by atoms with van der Waals surface area (Å²) in [4.78, 5) is 22.7. The molecule has 1 aliphatic heterocycles. The first-order valence-corrected chi connectivity index (χ1v) is 6.97. The molecule has 0 radical (unpaired) electrons. The van der Waals surface area contributed by atoms with Crippen LogP contribution in [0.1, 0.15) is 29.8 Å². The van der Waals surface area contributed by atoms with E-state index in [1.807, 2.05) is 0 Å². The number of anilines is 2. The number of nitrogens with zero attached hydrogens (tertiary/aromatic N) is 6. The van der Waals surface area contributed by atoms with Crippen molar-refractivity contribution in [2.45, 2.75) is 19.3 Å². The Balaban J connectivity index is 1.65. The molecule has 0 saturated carbocycles. The quantitative estimate of drug-likeness (QED) is 0.900. The Labute approximate surface area is 122 Å². The highest BCUT2D eigenvalue weighted by Crippen LogP contribution is 2.16. The molecule has 1 aliphatic rings. The highest BCUT2D eigenvalue weighted by atomic mass is 16.2. The zero-order valence-electron chi connectivity index (χ0n) is 11.9. The molecule has 0 aliphatic carbocycles. The fraction of sp³-hybridized carbons (Fsp3) is 0.462. The Morgan fingerprint density at radius 2 is 1.90 bits per heavy atom. The van der Waals surface area contributed by atoms with Crippen LogP contribution in [-0.2, 0) is 7.05 Å². The summed E-state index contributed by atoms with van der Waals surface area (Å²) in [7, 11) is 1.71. The van der Waals surface area contributed by atoms with Crippen LogP contribution in [0.15, 0.2) is 18.6 Å². The van der Waals surface area contributed by atoms with Gasteiger partial charge in [-0.3, -0.25) is 9.48 Å². The number of piperidine rings is 1. The van der Waals surface area contributed by atoms with Gasteiger partial charge in [0.05, 0.1) is 24.3 Å². The van der Waals surface area contributed by atoms with Crippen molar-refractivity contribution in [3.05, 3.63) is 24.3 Å². The van der Waals surface area contributed by atoms with E-state index in [9.17, 15) is 4.79 Å². The van der Waals surface area contributed by atoms with Crippen LogP contribution in [0.4, 0.5) is 11.6 Å². The lowest BCUT2D eigenvalue weighted by atomic mass is 10.1. The number of rotatable bonds is 3. The van der Waals surface area contributed by atoms with Crippen LogP contribution in [0, 0.1) is 0 Å². The first-order valence-electron chi connectivity index (χ1n) is 6.97. The lowest BCUT2D eigenvalue weighted by Gasteiger charge is -2.26. The molecule has 0 aromatic carbocycles. The molecule has 1 saturated heterocycles. The van der Waals surface area contributed by atoms with Crippen LogP contribution in [0.2, 0.25) is 0 Å². The second-order valence-electron chi connectivity index (χ2n) is 5.05. The average Bonchev–Trinajstić information content (AvgIpc) is 2.96. The minimum Gasteiger partial charge on any atom is -0.341 e. The van der Waals surface area contributed by atoms with Crippen LogP contribution in [0.5, 0.6) is 0 Å².